The van der Waals surface area contributed by atoms with Crippen LogP contribution >= 0.6 is 11.6 Å². The second-order valence-electron chi connectivity index (χ2n) is 5.68. The normalized spacial score (nSPS) is 13.5. The van der Waals surface area contributed by atoms with Gasteiger partial charge in [-0.05, 0) is 48.2 Å². The Morgan fingerprint density at radius 2 is 1.72 bits per heavy atom. The number of rotatable bonds is 5. The van der Waals surface area contributed by atoms with Crippen molar-refractivity contribution in [3.05, 3.63) is 58.6 Å². The second kappa shape index (κ2) is 7.25. The highest BCUT2D eigenvalue weighted by Gasteiger charge is 2.31. The summed E-state index contributed by atoms with van der Waals surface area (Å²) in [6.07, 6.45) is -3.69. The van der Waals surface area contributed by atoms with Gasteiger partial charge in [-0.2, -0.15) is 13.2 Å². The van der Waals surface area contributed by atoms with Crippen LogP contribution in [0.5, 0.6) is 0 Å². The molecule has 2 rings (SSSR count). The van der Waals surface area contributed by atoms with Crippen molar-refractivity contribution in [3.8, 4) is 0 Å². The maximum Gasteiger partial charge on any atom is 0.416 e. The Morgan fingerprint density at radius 1 is 1.12 bits per heavy atom. The summed E-state index contributed by atoms with van der Waals surface area (Å²) in [7, 11) is -4.05. The molecule has 3 nitrogen and oxygen atoms in total. The van der Waals surface area contributed by atoms with E-state index in [0.29, 0.717) is 6.07 Å². The summed E-state index contributed by atoms with van der Waals surface area (Å²) < 4.78 is 65.3. The maximum absolute atomic E-state index is 12.8. The summed E-state index contributed by atoms with van der Waals surface area (Å²) in [5.41, 5.74) is -0.317. The molecule has 25 heavy (non-hydrogen) atoms. The molecular formula is C17H17ClF3NO2S. The molecule has 0 bridgehead atoms. The largest absolute Gasteiger partial charge is 0.416 e. The summed E-state index contributed by atoms with van der Waals surface area (Å²) in [6.45, 7) is 4.04. The van der Waals surface area contributed by atoms with Crippen LogP contribution in [0.4, 0.5) is 18.9 Å². The van der Waals surface area contributed by atoms with Crippen LogP contribution in [0.2, 0.25) is 5.02 Å². The van der Waals surface area contributed by atoms with Crippen LogP contribution in [0, 0.1) is 0 Å². The molecule has 0 aliphatic rings. The van der Waals surface area contributed by atoms with Crippen molar-refractivity contribution in [1.82, 2.24) is 0 Å². The highest BCUT2D eigenvalue weighted by molar-refractivity contribution is 7.92. The zero-order chi connectivity index (χ0) is 18.8. The van der Waals surface area contributed by atoms with Crippen molar-refractivity contribution in [2.45, 2.75) is 37.3 Å². The Balaban J connectivity index is 2.33. The molecule has 1 unspecified atom stereocenters. The summed E-state index contributed by atoms with van der Waals surface area (Å²) in [5, 5.41) is -0.118. The predicted molar refractivity (Wildman–Crippen MR) is 92.4 cm³/mol. The lowest BCUT2D eigenvalue weighted by Gasteiger charge is -2.14. The molecule has 0 fully saturated rings. The van der Waals surface area contributed by atoms with E-state index in [1.807, 2.05) is 13.8 Å². The van der Waals surface area contributed by atoms with Gasteiger partial charge < -0.3 is 0 Å². The highest BCUT2D eigenvalue weighted by Crippen LogP contribution is 2.34. The molecule has 0 saturated heterocycles. The van der Waals surface area contributed by atoms with Crippen LogP contribution < -0.4 is 4.72 Å². The molecule has 1 atom stereocenters. The van der Waals surface area contributed by atoms with E-state index in [0.717, 1.165) is 24.1 Å². The van der Waals surface area contributed by atoms with Crippen LogP contribution in [0.25, 0.3) is 0 Å². The smallest absolute Gasteiger partial charge is 0.278 e. The minimum absolute atomic E-state index is 0.0481. The third-order valence-electron chi connectivity index (χ3n) is 3.91. The number of nitrogens with one attached hydrogen (secondary N) is 1. The van der Waals surface area contributed by atoms with Gasteiger partial charge in [0.2, 0.25) is 0 Å². The first-order valence-corrected chi connectivity index (χ1v) is 9.40. The molecule has 0 aliphatic heterocycles. The fourth-order valence-electron chi connectivity index (χ4n) is 2.19. The standard InChI is InChI=1S/C17H17ClF3NO2S/c1-3-11(2)12-4-7-14(8-5-12)25(23,24)22-16-10-13(17(19,20)21)6-9-15(16)18/h4-11,22H,3H2,1-2H3. The number of halogens is 4. The summed E-state index contributed by atoms with van der Waals surface area (Å²) in [5.74, 6) is 0.280. The van der Waals surface area contributed by atoms with Gasteiger partial charge in [0.05, 0.1) is 21.2 Å². The summed E-state index contributed by atoms with van der Waals surface area (Å²) in [4.78, 5) is -0.0481. The van der Waals surface area contributed by atoms with Crippen LogP contribution in [0.1, 0.15) is 37.3 Å². The molecule has 2 aromatic rings. The molecule has 1 N–H and O–H groups in total. The van der Waals surface area contributed by atoms with Gasteiger partial charge in [-0.3, -0.25) is 4.72 Å². The highest BCUT2D eigenvalue weighted by atomic mass is 35.5. The van der Waals surface area contributed by atoms with Gasteiger partial charge in [0.15, 0.2) is 0 Å². The number of hydrogen-bond donors (Lipinski definition) is 1. The van der Waals surface area contributed by atoms with Gasteiger partial charge >= 0.3 is 6.18 Å². The number of benzene rings is 2. The van der Waals surface area contributed by atoms with E-state index in [9.17, 15) is 21.6 Å². The van der Waals surface area contributed by atoms with Gasteiger partial charge in [0.1, 0.15) is 0 Å². The van der Waals surface area contributed by atoms with Crippen molar-refractivity contribution >= 4 is 27.3 Å². The molecule has 0 spiro atoms. The first-order valence-electron chi connectivity index (χ1n) is 7.54. The lowest BCUT2D eigenvalue weighted by molar-refractivity contribution is -0.137. The molecular weight excluding hydrogens is 375 g/mol. The first-order chi connectivity index (χ1) is 11.5. The minimum atomic E-state index is -4.59. The number of sulfonamides is 1. The summed E-state index contributed by atoms with van der Waals surface area (Å²) >= 11 is 5.83. The van der Waals surface area contributed by atoms with E-state index in [2.05, 4.69) is 4.72 Å². The third kappa shape index (κ3) is 4.67. The monoisotopic (exact) mass is 391 g/mol. The van der Waals surface area contributed by atoms with E-state index in [1.54, 1.807) is 12.1 Å². The lowest BCUT2D eigenvalue weighted by Crippen LogP contribution is -2.14. The van der Waals surface area contributed by atoms with Gasteiger partial charge in [0.25, 0.3) is 10.0 Å². The average Bonchev–Trinajstić information content (AvgIpc) is 2.55. The molecule has 0 saturated carbocycles. The Hall–Kier alpha value is -1.73. The predicted octanol–water partition coefficient (Wildman–Crippen LogP) is 5.67. The fraction of sp³-hybridized carbons (Fsp3) is 0.294. The van der Waals surface area contributed by atoms with Gasteiger partial charge in [-0.15, -0.1) is 0 Å². The molecule has 136 valence electrons. The Morgan fingerprint density at radius 3 is 2.24 bits per heavy atom. The molecule has 0 amide bonds. The molecule has 0 radical (unpaired) electrons. The van der Waals surface area contributed by atoms with Crippen LogP contribution in [0.3, 0.4) is 0 Å². The topological polar surface area (TPSA) is 46.2 Å². The van der Waals surface area contributed by atoms with Crippen LogP contribution in [0.15, 0.2) is 47.4 Å². The van der Waals surface area contributed by atoms with Crippen molar-refractivity contribution in [3.63, 3.8) is 0 Å². The number of anilines is 1. The van der Waals surface area contributed by atoms with Gasteiger partial charge in [-0.1, -0.05) is 37.6 Å². The van der Waals surface area contributed by atoms with E-state index in [1.165, 1.54) is 12.1 Å². The zero-order valence-corrected chi connectivity index (χ0v) is 15.1. The Kier molecular flexibility index (Phi) is 5.68. The molecule has 2 aromatic carbocycles. The molecule has 8 heteroatoms. The van der Waals surface area contributed by atoms with Crippen molar-refractivity contribution in [1.29, 1.82) is 0 Å². The van der Waals surface area contributed by atoms with Crippen LogP contribution in [-0.4, -0.2) is 8.42 Å². The Labute approximate surface area is 149 Å². The van der Waals surface area contributed by atoms with Gasteiger partial charge in [-0.25, -0.2) is 8.42 Å². The number of hydrogen-bond acceptors (Lipinski definition) is 2. The Bertz CT molecular complexity index is 849. The van der Waals surface area contributed by atoms with Crippen molar-refractivity contribution < 1.29 is 21.6 Å². The SMILES string of the molecule is CCC(C)c1ccc(S(=O)(=O)Nc2cc(C(F)(F)F)ccc2Cl)cc1. The summed E-state index contributed by atoms with van der Waals surface area (Å²) in [6, 6.07) is 8.70. The van der Waals surface area contributed by atoms with E-state index in [4.69, 9.17) is 11.6 Å². The lowest BCUT2D eigenvalue weighted by atomic mass is 9.99. The van der Waals surface area contributed by atoms with E-state index >= 15 is 0 Å². The zero-order valence-electron chi connectivity index (χ0n) is 13.6. The quantitative estimate of drug-likeness (QED) is 0.713. The van der Waals surface area contributed by atoms with Crippen LogP contribution in [-0.2, 0) is 16.2 Å². The molecule has 0 aromatic heterocycles. The average molecular weight is 392 g/mol. The van der Waals surface area contributed by atoms with E-state index in [-0.39, 0.29) is 21.5 Å². The van der Waals surface area contributed by atoms with Crippen molar-refractivity contribution in [2.75, 3.05) is 4.72 Å². The van der Waals surface area contributed by atoms with Crippen molar-refractivity contribution in [2.24, 2.45) is 0 Å². The first kappa shape index (κ1) is 19.6. The minimum Gasteiger partial charge on any atom is -0.278 e. The fourth-order valence-corrected chi connectivity index (χ4v) is 3.49. The molecule has 0 aliphatic carbocycles. The number of alkyl halides is 3. The molecule has 0 heterocycles. The van der Waals surface area contributed by atoms with Gasteiger partial charge in [0, 0.05) is 0 Å². The van der Waals surface area contributed by atoms with E-state index < -0.39 is 21.8 Å². The second-order valence-corrected chi connectivity index (χ2v) is 7.77. The maximum atomic E-state index is 12.8. The third-order valence-corrected chi connectivity index (χ3v) is 5.62.